The van der Waals surface area contributed by atoms with Gasteiger partial charge in [0.2, 0.25) is 0 Å². The van der Waals surface area contributed by atoms with Crippen molar-refractivity contribution >= 4 is 10.0 Å². The molecule has 0 spiro atoms. The topological polar surface area (TPSA) is 40.6 Å². The Morgan fingerprint density at radius 2 is 1.75 bits per heavy atom. The molecule has 0 saturated carbocycles. The largest absolute Gasteiger partial charge is 0.361 e. The van der Waals surface area contributed by atoms with Gasteiger partial charge in [-0.05, 0) is 19.1 Å². The number of aryl methyl sites for hydroxylation is 1. The van der Waals surface area contributed by atoms with Crippen LogP contribution in [-0.4, -0.2) is 31.3 Å². The van der Waals surface area contributed by atoms with Crippen LogP contribution in [0, 0.1) is 6.92 Å². The minimum atomic E-state index is -3.38. The van der Waals surface area contributed by atoms with E-state index in [-0.39, 0.29) is 0 Å². The number of nitrogens with zero attached hydrogens (tertiary/aromatic N) is 2. The zero-order chi connectivity index (χ0) is 11.8. The minimum Gasteiger partial charge on any atom is -0.361 e. The highest BCUT2D eigenvalue weighted by Crippen LogP contribution is 2.19. The molecular weight excluding hydrogens is 224 g/mol. The van der Waals surface area contributed by atoms with Gasteiger partial charge in [0, 0.05) is 19.4 Å². The van der Waals surface area contributed by atoms with E-state index in [1.807, 2.05) is 18.9 Å². The van der Waals surface area contributed by atoms with E-state index in [0.29, 0.717) is 11.6 Å². The van der Waals surface area contributed by atoms with Gasteiger partial charge in [0.1, 0.15) is 6.67 Å². The van der Waals surface area contributed by atoms with E-state index in [2.05, 4.69) is 0 Å². The lowest BCUT2D eigenvalue weighted by atomic mass is 10.2. The van der Waals surface area contributed by atoms with Gasteiger partial charge in [-0.2, -0.15) is 0 Å². The lowest BCUT2D eigenvalue weighted by Crippen LogP contribution is -2.28. The summed E-state index contributed by atoms with van der Waals surface area (Å²) in [4.78, 5) is 2.14. The predicted molar refractivity (Wildman–Crippen MR) is 62.0 cm³/mol. The molecule has 1 aliphatic rings. The number of rotatable bonds is 2. The van der Waals surface area contributed by atoms with E-state index in [4.69, 9.17) is 0 Å². The SMILES string of the molecule is Cc1ccc(S(=O)(=O)N2C=CN(C)C2)cc1. The number of hydrogen-bond acceptors (Lipinski definition) is 3. The normalized spacial score (nSPS) is 15.9. The van der Waals surface area contributed by atoms with Crippen LogP contribution in [0.15, 0.2) is 41.6 Å². The van der Waals surface area contributed by atoms with Gasteiger partial charge in [-0.1, -0.05) is 17.7 Å². The third-order valence-corrected chi connectivity index (χ3v) is 4.20. The van der Waals surface area contributed by atoms with Crippen molar-refractivity contribution in [2.45, 2.75) is 11.8 Å². The maximum absolute atomic E-state index is 12.1. The maximum Gasteiger partial charge on any atom is 0.265 e. The Morgan fingerprint density at radius 1 is 1.12 bits per heavy atom. The molecule has 0 unspecified atom stereocenters. The second-order valence-corrected chi connectivity index (χ2v) is 5.79. The van der Waals surface area contributed by atoms with Crippen LogP contribution in [0.2, 0.25) is 0 Å². The molecule has 0 amide bonds. The Kier molecular flexibility index (Phi) is 2.63. The monoisotopic (exact) mass is 238 g/mol. The van der Waals surface area contributed by atoms with Gasteiger partial charge in [-0.3, -0.25) is 4.31 Å². The van der Waals surface area contributed by atoms with Crippen molar-refractivity contribution in [2.75, 3.05) is 13.7 Å². The Morgan fingerprint density at radius 3 is 2.25 bits per heavy atom. The molecule has 0 atom stereocenters. The van der Waals surface area contributed by atoms with Crippen molar-refractivity contribution in [3.8, 4) is 0 Å². The van der Waals surface area contributed by atoms with Gasteiger partial charge in [0.05, 0.1) is 4.90 Å². The summed E-state index contributed by atoms with van der Waals surface area (Å²) in [6.07, 6.45) is 3.32. The Bertz CT molecular complexity index is 505. The molecule has 1 aromatic carbocycles. The van der Waals surface area contributed by atoms with Crippen molar-refractivity contribution in [2.24, 2.45) is 0 Å². The van der Waals surface area contributed by atoms with Crippen LogP contribution in [0.25, 0.3) is 0 Å². The summed E-state index contributed by atoms with van der Waals surface area (Å²) < 4.78 is 25.6. The molecule has 5 heteroatoms. The van der Waals surface area contributed by atoms with Crippen molar-refractivity contribution in [3.63, 3.8) is 0 Å². The highest BCUT2D eigenvalue weighted by molar-refractivity contribution is 7.89. The van der Waals surface area contributed by atoms with Crippen molar-refractivity contribution < 1.29 is 8.42 Å². The third-order valence-electron chi connectivity index (χ3n) is 2.48. The second-order valence-electron chi connectivity index (χ2n) is 3.90. The molecule has 0 radical (unpaired) electrons. The van der Waals surface area contributed by atoms with Crippen LogP contribution >= 0.6 is 0 Å². The molecule has 1 aliphatic heterocycles. The number of hydrogen-bond donors (Lipinski definition) is 0. The van der Waals surface area contributed by atoms with E-state index >= 15 is 0 Å². The molecule has 0 saturated heterocycles. The van der Waals surface area contributed by atoms with Gasteiger partial charge < -0.3 is 4.90 Å². The molecule has 1 heterocycles. The van der Waals surface area contributed by atoms with E-state index in [9.17, 15) is 8.42 Å². The Balaban J connectivity index is 2.33. The molecule has 0 aliphatic carbocycles. The first-order valence-corrected chi connectivity index (χ1v) is 6.41. The molecule has 1 aromatic rings. The molecule has 2 rings (SSSR count). The smallest absolute Gasteiger partial charge is 0.265 e. The fourth-order valence-electron chi connectivity index (χ4n) is 1.50. The minimum absolute atomic E-state index is 0.332. The summed E-state index contributed by atoms with van der Waals surface area (Å²) in [7, 11) is -1.55. The van der Waals surface area contributed by atoms with Crippen molar-refractivity contribution in [3.05, 3.63) is 42.2 Å². The summed E-state index contributed by atoms with van der Waals surface area (Å²) in [5, 5.41) is 0. The van der Waals surface area contributed by atoms with Crippen LogP contribution in [0.4, 0.5) is 0 Å². The number of benzene rings is 1. The van der Waals surface area contributed by atoms with E-state index in [1.54, 1.807) is 36.7 Å². The second kappa shape index (κ2) is 3.83. The van der Waals surface area contributed by atoms with Crippen LogP contribution in [0.5, 0.6) is 0 Å². The number of sulfonamides is 1. The van der Waals surface area contributed by atoms with Crippen molar-refractivity contribution in [1.29, 1.82) is 0 Å². The van der Waals surface area contributed by atoms with Crippen LogP contribution in [0.3, 0.4) is 0 Å². The quantitative estimate of drug-likeness (QED) is 0.781. The zero-order valence-electron chi connectivity index (χ0n) is 9.29. The molecule has 4 nitrogen and oxygen atoms in total. The van der Waals surface area contributed by atoms with Crippen LogP contribution < -0.4 is 0 Å². The highest BCUT2D eigenvalue weighted by Gasteiger charge is 2.24. The fraction of sp³-hybridized carbons (Fsp3) is 0.273. The average molecular weight is 238 g/mol. The molecule has 86 valence electrons. The lowest BCUT2D eigenvalue weighted by Gasteiger charge is -2.18. The average Bonchev–Trinajstić information content (AvgIpc) is 2.66. The first-order chi connectivity index (χ1) is 7.50. The molecule has 0 fully saturated rings. The molecule has 0 bridgehead atoms. The Labute approximate surface area is 95.8 Å². The first-order valence-electron chi connectivity index (χ1n) is 4.97. The summed E-state index contributed by atoms with van der Waals surface area (Å²) in [5.74, 6) is 0. The van der Waals surface area contributed by atoms with E-state index in [0.717, 1.165) is 5.56 Å². The molecular formula is C11H14N2O2S. The molecule has 16 heavy (non-hydrogen) atoms. The van der Waals surface area contributed by atoms with Crippen molar-refractivity contribution in [1.82, 2.24) is 9.21 Å². The maximum atomic E-state index is 12.1. The third kappa shape index (κ3) is 1.90. The highest BCUT2D eigenvalue weighted by atomic mass is 32.2. The summed E-state index contributed by atoms with van der Waals surface area (Å²) in [5.41, 5.74) is 1.05. The van der Waals surface area contributed by atoms with Gasteiger partial charge in [-0.15, -0.1) is 0 Å². The first kappa shape index (κ1) is 11.0. The summed E-state index contributed by atoms with van der Waals surface area (Å²) in [6.45, 7) is 2.30. The zero-order valence-corrected chi connectivity index (χ0v) is 10.1. The van der Waals surface area contributed by atoms with Gasteiger partial charge in [0.15, 0.2) is 0 Å². The van der Waals surface area contributed by atoms with Gasteiger partial charge >= 0.3 is 0 Å². The molecule has 0 aromatic heterocycles. The van der Waals surface area contributed by atoms with E-state index < -0.39 is 10.0 Å². The predicted octanol–water partition coefficient (Wildman–Crippen LogP) is 1.36. The Hall–Kier alpha value is -1.49. The summed E-state index contributed by atoms with van der Waals surface area (Å²) in [6, 6.07) is 6.88. The van der Waals surface area contributed by atoms with Gasteiger partial charge in [0.25, 0.3) is 10.0 Å². The molecule has 0 N–H and O–H groups in total. The van der Waals surface area contributed by atoms with Gasteiger partial charge in [-0.25, -0.2) is 8.42 Å². The van der Waals surface area contributed by atoms with Crippen LogP contribution in [0.1, 0.15) is 5.56 Å². The van der Waals surface area contributed by atoms with Crippen LogP contribution in [-0.2, 0) is 10.0 Å². The van der Waals surface area contributed by atoms with E-state index in [1.165, 1.54) is 4.31 Å². The standard InChI is InChI=1S/C11H14N2O2S/c1-10-3-5-11(6-4-10)16(14,15)13-8-7-12(2)9-13/h3-8H,9H2,1-2H3. The summed E-state index contributed by atoms with van der Waals surface area (Å²) >= 11 is 0. The lowest BCUT2D eigenvalue weighted by molar-refractivity contribution is 0.385. The fourth-order valence-corrected chi connectivity index (χ4v) is 2.80.